The average Bonchev–Trinajstić information content (AvgIpc) is 3.36. The molecule has 1 fully saturated rings. The van der Waals surface area contributed by atoms with E-state index >= 15 is 0 Å². The molecule has 0 unspecified atom stereocenters. The van der Waals surface area contributed by atoms with Crippen molar-refractivity contribution < 1.29 is 14.6 Å². The monoisotopic (exact) mass is 513 g/mol. The number of likely N-dealkylation sites (N-methyl/N-ethyl adjacent to an activating group) is 1. The summed E-state index contributed by atoms with van der Waals surface area (Å²) >= 11 is 0. The summed E-state index contributed by atoms with van der Waals surface area (Å²) < 4.78 is 5.88. The number of carbonyl (C=O) groups is 1. The molecular formula is C30H35N5O3. The standard InChI is InChI=1S/C30H35N5O3/c1-30(2,19-36)20-38-25-6-8-31-27(18-25)26-7-9-32-28(33-26)15-21-4-5-22-16-24(17-23(22)14-21)29(37)35-12-10-34(3)11-13-35/h4-9,14,17-18,36H,10-13,15-16,19-20H2,1-3H3. The molecule has 198 valence electrons. The molecule has 0 bridgehead atoms. The Kier molecular flexibility index (Phi) is 7.53. The van der Waals surface area contributed by atoms with Gasteiger partial charge >= 0.3 is 0 Å². The highest BCUT2D eigenvalue weighted by Gasteiger charge is 2.25. The first-order chi connectivity index (χ1) is 18.3. The molecule has 5 rings (SSSR count). The number of fused-ring (bicyclic) bond motifs is 1. The van der Waals surface area contributed by atoms with Gasteiger partial charge in [-0.3, -0.25) is 9.78 Å². The van der Waals surface area contributed by atoms with Crippen LogP contribution in [0.1, 0.15) is 36.4 Å². The van der Waals surface area contributed by atoms with Gasteiger partial charge in [-0.2, -0.15) is 0 Å². The summed E-state index contributed by atoms with van der Waals surface area (Å²) in [7, 11) is 2.09. The predicted octanol–water partition coefficient (Wildman–Crippen LogP) is 3.24. The number of pyridine rings is 1. The Labute approximate surface area is 224 Å². The van der Waals surface area contributed by atoms with Crippen molar-refractivity contribution in [3.8, 4) is 17.1 Å². The van der Waals surface area contributed by atoms with Crippen LogP contribution in [0.3, 0.4) is 0 Å². The van der Waals surface area contributed by atoms with Gasteiger partial charge in [0.05, 0.1) is 24.6 Å². The highest BCUT2D eigenvalue weighted by Crippen LogP contribution is 2.28. The Morgan fingerprint density at radius 3 is 2.61 bits per heavy atom. The minimum atomic E-state index is -0.324. The van der Waals surface area contributed by atoms with Crippen LogP contribution in [0, 0.1) is 5.41 Å². The van der Waals surface area contributed by atoms with Crippen LogP contribution in [0.4, 0.5) is 0 Å². The topological polar surface area (TPSA) is 91.7 Å². The van der Waals surface area contributed by atoms with Crippen LogP contribution in [-0.2, 0) is 17.6 Å². The molecule has 0 spiro atoms. The number of carbonyl (C=O) groups excluding carboxylic acids is 1. The van der Waals surface area contributed by atoms with E-state index in [-0.39, 0.29) is 17.9 Å². The zero-order chi connectivity index (χ0) is 26.7. The van der Waals surface area contributed by atoms with Crippen molar-refractivity contribution in [2.45, 2.75) is 26.7 Å². The molecule has 1 aromatic carbocycles. The van der Waals surface area contributed by atoms with Crippen molar-refractivity contribution in [1.29, 1.82) is 0 Å². The number of rotatable bonds is 8. The largest absolute Gasteiger partial charge is 0.493 e. The minimum Gasteiger partial charge on any atom is -0.493 e. The molecule has 3 aromatic rings. The summed E-state index contributed by atoms with van der Waals surface area (Å²) in [6, 6.07) is 11.9. The number of hydrogen-bond acceptors (Lipinski definition) is 7. The molecule has 3 heterocycles. The first-order valence-electron chi connectivity index (χ1n) is 13.1. The Morgan fingerprint density at radius 2 is 1.82 bits per heavy atom. The molecule has 8 heteroatoms. The predicted molar refractivity (Wildman–Crippen MR) is 147 cm³/mol. The normalized spacial score (nSPS) is 15.8. The molecule has 1 aliphatic carbocycles. The summed E-state index contributed by atoms with van der Waals surface area (Å²) in [4.78, 5) is 31.0. The SMILES string of the molecule is CN1CCN(C(=O)C2=Cc3cc(Cc4nccc(-c5cc(OCC(C)(C)CO)ccn5)n4)ccc3C2)CC1. The first kappa shape index (κ1) is 26.0. The van der Waals surface area contributed by atoms with Crippen LogP contribution in [0.25, 0.3) is 17.5 Å². The number of aliphatic hydroxyl groups excluding tert-OH is 1. The number of aliphatic hydroxyl groups is 1. The molecule has 2 aliphatic rings. The summed E-state index contributed by atoms with van der Waals surface area (Å²) in [5.41, 5.74) is 5.37. The zero-order valence-electron chi connectivity index (χ0n) is 22.4. The van der Waals surface area contributed by atoms with Gasteiger partial charge in [-0.1, -0.05) is 32.0 Å². The van der Waals surface area contributed by atoms with E-state index in [1.54, 1.807) is 18.5 Å². The lowest BCUT2D eigenvalue weighted by atomic mass is 9.97. The minimum absolute atomic E-state index is 0.0482. The number of amides is 1. The second-order valence-electron chi connectivity index (χ2n) is 11.0. The Balaban J connectivity index is 1.27. The van der Waals surface area contributed by atoms with Gasteiger partial charge in [0.1, 0.15) is 11.6 Å². The fourth-order valence-corrected chi connectivity index (χ4v) is 4.62. The fourth-order valence-electron chi connectivity index (χ4n) is 4.62. The maximum atomic E-state index is 13.0. The maximum absolute atomic E-state index is 13.0. The van der Waals surface area contributed by atoms with Gasteiger partial charge in [0.2, 0.25) is 5.91 Å². The lowest BCUT2D eigenvalue weighted by molar-refractivity contribution is -0.128. The van der Waals surface area contributed by atoms with Crippen molar-refractivity contribution in [3.05, 3.63) is 76.9 Å². The second-order valence-corrected chi connectivity index (χ2v) is 11.0. The Morgan fingerprint density at radius 1 is 1.03 bits per heavy atom. The van der Waals surface area contributed by atoms with E-state index in [4.69, 9.17) is 9.72 Å². The van der Waals surface area contributed by atoms with E-state index in [1.165, 1.54) is 5.56 Å². The quantitative estimate of drug-likeness (QED) is 0.494. The van der Waals surface area contributed by atoms with Crippen LogP contribution in [-0.4, -0.2) is 82.2 Å². The molecule has 1 amide bonds. The number of hydrogen-bond donors (Lipinski definition) is 1. The molecule has 0 saturated carbocycles. The average molecular weight is 514 g/mol. The van der Waals surface area contributed by atoms with Crippen LogP contribution >= 0.6 is 0 Å². The lowest BCUT2D eigenvalue weighted by Gasteiger charge is -2.32. The Bertz CT molecular complexity index is 1350. The fraction of sp³-hybridized carbons (Fsp3) is 0.400. The van der Waals surface area contributed by atoms with E-state index in [0.717, 1.165) is 48.6 Å². The smallest absolute Gasteiger partial charge is 0.250 e. The van der Waals surface area contributed by atoms with E-state index < -0.39 is 0 Å². The molecule has 38 heavy (non-hydrogen) atoms. The summed E-state index contributed by atoms with van der Waals surface area (Å²) in [6.07, 6.45) is 6.77. The van der Waals surface area contributed by atoms with Crippen molar-refractivity contribution in [1.82, 2.24) is 24.8 Å². The molecule has 0 radical (unpaired) electrons. The van der Waals surface area contributed by atoms with Crippen LogP contribution in [0.5, 0.6) is 5.75 Å². The van der Waals surface area contributed by atoms with Gasteiger partial charge in [-0.15, -0.1) is 0 Å². The van der Waals surface area contributed by atoms with Crippen molar-refractivity contribution in [3.63, 3.8) is 0 Å². The number of nitrogens with zero attached hydrogens (tertiary/aromatic N) is 5. The third-order valence-electron chi connectivity index (χ3n) is 7.11. The molecule has 1 N–H and O–H groups in total. The van der Waals surface area contributed by atoms with E-state index in [2.05, 4.69) is 40.1 Å². The van der Waals surface area contributed by atoms with Gasteiger partial charge in [-0.25, -0.2) is 9.97 Å². The molecular weight excluding hydrogens is 478 g/mol. The van der Waals surface area contributed by atoms with Crippen LogP contribution < -0.4 is 4.74 Å². The zero-order valence-corrected chi connectivity index (χ0v) is 22.4. The van der Waals surface area contributed by atoms with Crippen molar-refractivity contribution in [2.24, 2.45) is 5.41 Å². The first-order valence-corrected chi connectivity index (χ1v) is 13.1. The molecule has 0 atom stereocenters. The molecule has 8 nitrogen and oxygen atoms in total. The summed E-state index contributed by atoms with van der Waals surface area (Å²) in [5.74, 6) is 1.54. The highest BCUT2D eigenvalue weighted by molar-refractivity contribution is 6.00. The number of benzene rings is 1. The Hall–Kier alpha value is -3.62. The number of aromatic nitrogens is 3. The highest BCUT2D eigenvalue weighted by atomic mass is 16.5. The van der Waals surface area contributed by atoms with Crippen LogP contribution in [0.2, 0.25) is 0 Å². The van der Waals surface area contributed by atoms with Gasteiger partial charge < -0.3 is 19.6 Å². The van der Waals surface area contributed by atoms with Crippen LogP contribution in [0.15, 0.2) is 54.4 Å². The van der Waals surface area contributed by atoms with Gasteiger partial charge in [0.25, 0.3) is 0 Å². The maximum Gasteiger partial charge on any atom is 0.250 e. The lowest BCUT2D eigenvalue weighted by Crippen LogP contribution is -2.47. The van der Waals surface area contributed by atoms with E-state index in [1.807, 2.05) is 37.0 Å². The molecule has 2 aromatic heterocycles. The molecule has 1 saturated heterocycles. The van der Waals surface area contributed by atoms with Gasteiger partial charge in [-0.05, 0) is 41.9 Å². The summed E-state index contributed by atoms with van der Waals surface area (Å²) in [6.45, 7) is 7.76. The number of piperazine rings is 1. The van der Waals surface area contributed by atoms with Crippen molar-refractivity contribution in [2.75, 3.05) is 46.4 Å². The van der Waals surface area contributed by atoms with Gasteiger partial charge in [0.15, 0.2) is 0 Å². The van der Waals surface area contributed by atoms with E-state index in [9.17, 15) is 9.90 Å². The van der Waals surface area contributed by atoms with Crippen molar-refractivity contribution >= 4 is 12.0 Å². The van der Waals surface area contributed by atoms with E-state index in [0.29, 0.717) is 36.7 Å². The summed E-state index contributed by atoms with van der Waals surface area (Å²) in [5, 5.41) is 9.48. The molecule has 1 aliphatic heterocycles. The third kappa shape index (κ3) is 6.09. The number of ether oxygens (including phenoxy) is 1. The van der Waals surface area contributed by atoms with Gasteiger partial charge in [0, 0.05) is 68.5 Å². The second kappa shape index (κ2) is 11.0. The third-order valence-corrected chi connectivity index (χ3v) is 7.11.